The molecule has 0 spiro atoms. The highest BCUT2D eigenvalue weighted by atomic mass is 32.1. The van der Waals surface area contributed by atoms with E-state index in [0.717, 1.165) is 38.7 Å². The molecule has 1 aliphatic rings. The molecule has 1 aliphatic heterocycles. The second-order valence-corrected chi connectivity index (χ2v) is 7.07. The molecule has 1 aromatic rings. The van der Waals surface area contributed by atoms with Gasteiger partial charge in [0.2, 0.25) is 5.82 Å². The van der Waals surface area contributed by atoms with E-state index in [4.69, 9.17) is 9.47 Å². The van der Waals surface area contributed by atoms with Crippen LogP contribution in [0.5, 0.6) is 5.88 Å². The first-order valence-corrected chi connectivity index (χ1v) is 8.22. The molecule has 7 heteroatoms. The molecule has 2 heterocycles. The summed E-state index contributed by atoms with van der Waals surface area (Å²) in [5.74, 6) is 1.94. The van der Waals surface area contributed by atoms with Gasteiger partial charge in [0.05, 0.1) is 31.5 Å². The van der Waals surface area contributed by atoms with E-state index in [0.29, 0.717) is 18.4 Å². The number of hydrogen-bond acceptors (Lipinski definition) is 7. The normalized spacial score (nSPS) is 17.8. The Bertz CT molecular complexity index is 427. The minimum absolute atomic E-state index is 0.134. The molecule has 0 saturated carbocycles. The second-order valence-electron chi connectivity index (χ2n) is 6.54. The fourth-order valence-corrected chi connectivity index (χ4v) is 2.52. The molecule has 0 aliphatic carbocycles. The van der Waals surface area contributed by atoms with Gasteiger partial charge < -0.3 is 19.7 Å². The summed E-state index contributed by atoms with van der Waals surface area (Å²) in [5, 5.41) is 3.49. The lowest BCUT2D eigenvalue weighted by Gasteiger charge is -2.27. The lowest BCUT2D eigenvalue weighted by atomic mass is 10.1. The highest BCUT2D eigenvalue weighted by molar-refractivity contribution is 6.99. The third kappa shape index (κ3) is 5.41. The van der Waals surface area contributed by atoms with E-state index < -0.39 is 0 Å². The van der Waals surface area contributed by atoms with Crippen LogP contribution in [-0.4, -0.2) is 53.7 Å². The number of rotatable bonds is 6. The molecule has 0 amide bonds. The standard InChI is InChI=1S/C14H26N4O2S/c1-11(9-15-14(2,3)4)10-20-13-12(16-21-17-13)18-5-7-19-8-6-18/h11,15H,5-10H2,1-4H3/t11-/m0/s1. The lowest BCUT2D eigenvalue weighted by molar-refractivity contribution is 0.122. The van der Waals surface area contributed by atoms with E-state index in [1.54, 1.807) is 0 Å². The van der Waals surface area contributed by atoms with Crippen molar-refractivity contribution in [3.8, 4) is 5.88 Å². The van der Waals surface area contributed by atoms with Crippen molar-refractivity contribution >= 4 is 17.5 Å². The average molecular weight is 314 g/mol. The molecule has 0 radical (unpaired) electrons. The average Bonchev–Trinajstić information content (AvgIpc) is 2.91. The molecule has 0 unspecified atom stereocenters. The number of morpholine rings is 1. The van der Waals surface area contributed by atoms with E-state index >= 15 is 0 Å². The van der Waals surface area contributed by atoms with E-state index in [9.17, 15) is 0 Å². The topological polar surface area (TPSA) is 59.5 Å². The fraction of sp³-hybridized carbons (Fsp3) is 0.857. The molecule has 120 valence electrons. The number of anilines is 1. The maximum atomic E-state index is 5.87. The largest absolute Gasteiger partial charge is 0.474 e. The molecule has 1 N–H and O–H groups in total. The van der Waals surface area contributed by atoms with Gasteiger partial charge in [-0.2, -0.15) is 4.37 Å². The summed E-state index contributed by atoms with van der Waals surface area (Å²) in [6.07, 6.45) is 0. The molecule has 2 rings (SSSR count). The Balaban J connectivity index is 1.82. The SMILES string of the molecule is C[C@@H](CNC(C)(C)C)COc1nsnc1N1CCOCC1. The van der Waals surface area contributed by atoms with Gasteiger partial charge in [0.15, 0.2) is 0 Å². The summed E-state index contributed by atoms with van der Waals surface area (Å²) in [6.45, 7) is 13.4. The molecule has 1 fully saturated rings. The van der Waals surface area contributed by atoms with Gasteiger partial charge in [-0.3, -0.25) is 0 Å². The van der Waals surface area contributed by atoms with Gasteiger partial charge in [-0.25, -0.2) is 0 Å². The monoisotopic (exact) mass is 314 g/mol. The first-order chi connectivity index (χ1) is 9.96. The van der Waals surface area contributed by atoms with Crippen molar-refractivity contribution < 1.29 is 9.47 Å². The third-order valence-electron chi connectivity index (χ3n) is 3.24. The number of ether oxygens (including phenoxy) is 2. The second kappa shape index (κ2) is 7.38. The van der Waals surface area contributed by atoms with E-state index in [1.165, 1.54) is 11.7 Å². The maximum Gasteiger partial charge on any atom is 0.270 e. The molecule has 0 bridgehead atoms. The minimum Gasteiger partial charge on any atom is -0.474 e. The Hall–Kier alpha value is -0.920. The van der Waals surface area contributed by atoms with Crippen LogP contribution in [-0.2, 0) is 4.74 Å². The highest BCUT2D eigenvalue weighted by Gasteiger charge is 2.20. The Labute approximate surface area is 131 Å². The zero-order valence-electron chi connectivity index (χ0n) is 13.4. The van der Waals surface area contributed by atoms with Gasteiger partial charge >= 0.3 is 0 Å². The summed E-state index contributed by atoms with van der Waals surface area (Å²) < 4.78 is 19.9. The minimum atomic E-state index is 0.134. The van der Waals surface area contributed by atoms with Crippen LogP contribution in [0.2, 0.25) is 0 Å². The molecule has 1 aromatic heterocycles. The van der Waals surface area contributed by atoms with Crippen LogP contribution >= 0.6 is 11.7 Å². The summed E-state index contributed by atoms with van der Waals surface area (Å²) in [6, 6.07) is 0. The van der Waals surface area contributed by atoms with Gasteiger partial charge in [-0.05, 0) is 20.8 Å². The van der Waals surface area contributed by atoms with Crippen LogP contribution in [0.1, 0.15) is 27.7 Å². The van der Waals surface area contributed by atoms with Crippen molar-refractivity contribution in [3.05, 3.63) is 0 Å². The van der Waals surface area contributed by atoms with E-state index in [1.807, 2.05) is 0 Å². The van der Waals surface area contributed by atoms with E-state index in [2.05, 4.69) is 46.7 Å². The summed E-state index contributed by atoms with van der Waals surface area (Å²) >= 11 is 1.21. The van der Waals surface area contributed by atoms with Gasteiger partial charge in [0, 0.05) is 31.1 Å². The fourth-order valence-electron chi connectivity index (χ4n) is 2.00. The van der Waals surface area contributed by atoms with Crippen LogP contribution in [0.4, 0.5) is 5.82 Å². The molecule has 21 heavy (non-hydrogen) atoms. The third-order valence-corrected chi connectivity index (χ3v) is 3.74. The molecule has 0 aromatic carbocycles. The van der Waals surface area contributed by atoms with Gasteiger partial charge in [-0.1, -0.05) is 6.92 Å². The Morgan fingerprint density at radius 2 is 2.05 bits per heavy atom. The first kappa shape index (κ1) is 16.5. The predicted octanol–water partition coefficient (Wildman–Crippen LogP) is 1.78. The van der Waals surface area contributed by atoms with Crippen molar-refractivity contribution in [1.82, 2.24) is 14.1 Å². The summed E-state index contributed by atoms with van der Waals surface area (Å²) in [5.41, 5.74) is 0.134. The van der Waals surface area contributed by atoms with Gasteiger partial charge in [-0.15, -0.1) is 4.37 Å². The van der Waals surface area contributed by atoms with Crippen molar-refractivity contribution in [3.63, 3.8) is 0 Å². The predicted molar refractivity (Wildman–Crippen MR) is 85.4 cm³/mol. The van der Waals surface area contributed by atoms with Crippen LogP contribution in [0.3, 0.4) is 0 Å². The summed E-state index contributed by atoms with van der Waals surface area (Å²) in [7, 11) is 0. The number of nitrogens with zero attached hydrogens (tertiary/aromatic N) is 3. The van der Waals surface area contributed by atoms with Crippen molar-refractivity contribution in [1.29, 1.82) is 0 Å². The molecular formula is C14H26N4O2S. The van der Waals surface area contributed by atoms with Crippen LogP contribution < -0.4 is 15.0 Å². The number of aromatic nitrogens is 2. The lowest BCUT2D eigenvalue weighted by Crippen LogP contribution is -2.39. The zero-order chi connectivity index (χ0) is 15.3. The first-order valence-electron chi connectivity index (χ1n) is 7.49. The molecule has 1 saturated heterocycles. The zero-order valence-corrected chi connectivity index (χ0v) is 14.2. The highest BCUT2D eigenvalue weighted by Crippen LogP contribution is 2.26. The Morgan fingerprint density at radius 3 is 2.71 bits per heavy atom. The summed E-state index contributed by atoms with van der Waals surface area (Å²) in [4.78, 5) is 2.18. The Kier molecular flexibility index (Phi) is 5.78. The van der Waals surface area contributed by atoms with Gasteiger partial charge in [0.1, 0.15) is 0 Å². The maximum absolute atomic E-state index is 5.87. The van der Waals surface area contributed by atoms with Crippen LogP contribution in [0.15, 0.2) is 0 Å². The van der Waals surface area contributed by atoms with E-state index in [-0.39, 0.29) is 5.54 Å². The van der Waals surface area contributed by atoms with Crippen molar-refractivity contribution in [2.75, 3.05) is 44.4 Å². The smallest absolute Gasteiger partial charge is 0.270 e. The van der Waals surface area contributed by atoms with Crippen molar-refractivity contribution in [2.24, 2.45) is 5.92 Å². The number of nitrogens with one attached hydrogen (secondary N) is 1. The van der Waals surface area contributed by atoms with Crippen LogP contribution in [0, 0.1) is 5.92 Å². The molecular weight excluding hydrogens is 288 g/mol. The quantitative estimate of drug-likeness (QED) is 0.864. The number of hydrogen-bond donors (Lipinski definition) is 1. The van der Waals surface area contributed by atoms with Crippen molar-refractivity contribution in [2.45, 2.75) is 33.2 Å². The Morgan fingerprint density at radius 1 is 1.33 bits per heavy atom. The molecule has 6 nitrogen and oxygen atoms in total. The molecule has 1 atom stereocenters. The van der Waals surface area contributed by atoms with Gasteiger partial charge in [0.25, 0.3) is 5.88 Å². The van der Waals surface area contributed by atoms with Crippen LogP contribution in [0.25, 0.3) is 0 Å².